The van der Waals surface area contributed by atoms with Crippen LogP contribution in [0.1, 0.15) is 22.3 Å². The Bertz CT molecular complexity index is 1010. The van der Waals surface area contributed by atoms with Crippen molar-refractivity contribution in [1.29, 1.82) is 0 Å². The van der Waals surface area contributed by atoms with Crippen molar-refractivity contribution in [2.75, 3.05) is 12.4 Å². The maximum absolute atomic E-state index is 12.6. The van der Waals surface area contributed by atoms with Crippen molar-refractivity contribution in [3.8, 4) is 0 Å². The normalized spacial score (nSPS) is 18.0. The Balaban J connectivity index is 1.76. The van der Waals surface area contributed by atoms with E-state index < -0.39 is 11.2 Å². The summed E-state index contributed by atoms with van der Waals surface area (Å²) in [4.78, 5) is 41.7. The number of amides is 2. The van der Waals surface area contributed by atoms with Gasteiger partial charge in [0.1, 0.15) is 5.25 Å². The number of nitrogens with zero attached hydrogens (tertiary/aromatic N) is 2. The number of carbonyl (C=O) groups excluding carboxylic acids is 3. The fraction of sp³-hybridized carbons (Fsp3) is 0.200. The van der Waals surface area contributed by atoms with Crippen molar-refractivity contribution < 1.29 is 19.5 Å². The lowest BCUT2D eigenvalue weighted by molar-refractivity contribution is -0.255. The third-order valence-electron chi connectivity index (χ3n) is 4.33. The molecule has 1 aliphatic rings. The Morgan fingerprint density at radius 1 is 1.24 bits per heavy atom. The number of halogens is 1. The van der Waals surface area contributed by atoms with Gasteiger partial charge in [-0.1, -0.05) is 41.6 Å². The molecule has 0 aromatic heterocycles. The molecule has 1 atom stereocenters. The summed E-state index contributed by atoms with van der Waals surface area (Å²) in [5.41, 5.74) is 1.94. The van der Waals surface area contributed by atoms with E-state index >= 15 is 0 Å². The molecule has 2 aromatic rings. The maximum atomic E-state index is 12.6. The Morgan fingerprint density at radius 3 is 2.55 bits per heavy atom. The maximum Gasteiger partial charge on any atom is 0.238 e. The van der Waals surface area contributed by atoms with Crippen LogP contribution in [0.25, 0.3) is 0 Å². The topological polar surface area (TPSA) is 102 Å². The van der Waals surface area contributed by atoms with Crippen LogP contribution < -0.4 is 10.4 Å². The van der Waals surface area contributed by atoms with Crippen molar-refractivity contribution in [1.82, 2.24) is 4.90 Å². The highest BCUT2D eigenvalue weighted by Crippen LogP contribution is 2.30. The number of amidine groups is 1. The number of anilines is 1. The summed E-state index contributed by atoms with van der Waals surface area (Å²) in [6, 6.07) is 10.9. The van der Waals surface area contributed by atoms with E-state index in [9.17, 15) is 19.5 Å². The van der Waals surface area contributed by atoms with Crippen LogP contribution in [0.4, 0.5) is 11.4 Å². The SMILES string of the molecule is Cc1ccc(N=C2S[C@H](C(=O)Nc3ccc(C(=O)[O-])cc3)CC(=O)N2C)cc1Cl. The highest BCUT2D eigenvalue weighted by atomic mass is 35.5. The van der Waals surface area contributed by atoms with E-state index in [4.69, 9.17) is 11.6 Å². The molecule has 2 aromatic carbocycles. The molecular formula is C20H17ClN3O4S-. The predicted octanol–water partition coefficient (Wildman–Crippen LogP) is 2.60. The predicted molar refractivity (Wildman–Crippen MR) is 111 cm³/mol. The van der Waals surface area contributed by atoms with Gasteiger partial charge in [0.15, 0.2) is 5.17 Å². The number of carboxylic acid groups (broad SMARTS) is 1. The fourth-order valence-electron chi connectivity index (χ4n) is 2.57. The van der Waals surface area contributed by atoms with Gasteiger partial charge in [-0.25, -0.2) is 4.99 Å². The van der Waals surface area contributed by atoms with E-state index in [0.717, 1.165) is 5.56 Å². The van der Waals surface area contributed by atoms with Crippen molar-refractivity contribution >= 4 is 57.7 Å². The van der Waals surface area contributed by atoms with Crippen LogP contribution in [0.5, 0.6) is 0 Å². The molecule has 0 spiro atoms. The molecule has 150 valence electrons. The molecule has 1 aliphatic heterocycles. The highest BCUT2D eigenvalue weighted by Gasteiger charge is 2.34. The Labute approximate surface area is 176 Å². The van der Waals surface area contributed by atoms with Gasteiger partial charge in [-0.2, -0.15) is 0 Å². The third-order valence-corrected chi connectivity index (χ3v) is 5.98. The van der Waals surface area contributed by atoms with Crippen LogP contribution in [0.2, 0.25) is 5.02 Å². The average Bonchev–Trinajstić information content (AvgIpc) is 2.68. The molecule has 1 N–H and O–H groups in total. The van der Waals surface area contributed by atoms with E-state index in [-0.39, 0.29) is 23.8 Å². The zero-order valence-corrected chi connectivity index (χ0v) is 17.2. The second kappa shape index (κ2) is 8.67. The average molecular weight is 431 g/mol. The van der Waals surface area contributed by atoms with Crippen molar-refractivity contribution in [3.63, 3.8) is 0 Å². The van der Waals surface area contributed by atoms with Crippen molar-refractivity contribution in [2.24, 2.45) is 4.99 Å². The zero-order chi connectivity index (χ0) is 21.1. The number of hydrogen-bond acceptors (Lipinski definition) is 6. The number of nitrogens with one attached hydrogen (secondary N) is 1. The minimum atomic E-state index is -1.29. The number of aryl methyl sites for hydroxylation is 1. The van der Waals surface area contributed by atoms with E-state index in [1.807, 2.05) is 13.0 Å². The van der Waals surface area contributed by atoms with Crippen LogP contribution >= 0.6 is 23.4 Å². The van der Waals surface area contributed by atoms with Crippen molar-refractivity contribution in [3.05, 3.63) is 58.6 Å². The number of aliphatic imine (C=N–C) groups is 1. The smallest absolute Gasteiger partial charge is 0.238 e. The highest BCUT2D eigenvalue weighted by molar-refractivity contribution is 8.15. The van der Waals surface area contributed by atoms with Crippen LogP contribution in [-0.2, 0) is 9.59 Å². The molecule has 0 radical (unpaired) electrons. The zero-order valence-electron chi connectivity index (χ0n) is 15.6. The second-order valence-electron chi connectivity index (χ2n) is 6.45. The molecule has 0 saturated carbocycles. The lowest BCUT2D eigenvalue weighted by Gasteiger charge is -2.28. The quantitative estimate of drug-likeness (QED) is 0.803. The summed E-state index contributed by atoms with van der Waals surface area (Å²) < 4.78 is 0. The minimum absolute atomic E-state index is 0.0121. The second-order valence-corrected chi connectivity index (χ2v) is 8.02. The number of carbonyl (C=O) groups is 3. The lowest BCUT2D eigenvalue weighted by Crippen LogP contribution is -2.43. The van der Waals surface area contributed by atoms with Gasteiger partial charge in [0.05, 0.1) is 11.7 Å². The van der Waals surface area contributed by atoms with Crippen LogP contribution in [0.15, 0.2) is 47.5 Å². The molecule has 0 bridgehead atoms. The molecule has 2 amide bonds. The van der Waals surface area contributed by atoms with Crippen molar-refractivity contribution in [2.45, 2.75) is 18.6 Å². The van der Waals surface area contributed by atoms with Gasteiger partial charge in [0, 0.05) is 24.2 Å². The van der Waals surface area contributed by atoms with Gasteiger partial charge in [0.2, 0.25) is 11.8 Å². The number of thioether (sulfide) groups is 1. The minimum Gasteiger partial charge on any atom is -0.545 e. The Morgan fingerprint density at radius 2 is 1.93 bits per heavy atom. The molecule has 7 nitrogen and oxygen atoms in total. The number of aromatic carboxylic acids is 1. The molecule has 9 heteroatoms. The standard InChI is InChI=1S/C20H18ClN3O4S/c1-11-3-6-14(9-15(11)21)23-20-24(2)17(25)10-16(29-20)18(26)22-13-7-4-12(5-8-13)19(27)28/h3-9,16H,10H2,1-2H3,(H,22,26)(H,27,28)/p-1/t16-/m0/s1. The third kappa shape index (κ3) is 4.96. The van der Waals surface area contributed by atoms with Gasteiger partial charge < -0.3 is 15.2 Å². The van der Waals surface area contributed by atoms with Gasteiger partial charge in [0.25, 0.3) is 0 Å². The summed E-state index contributed by atoms with van der Waals surface area (Å²) in [6.07, 6.45) is 0.0256. The summed E-state index contributed by atoms with van der Waals surface area (Å²) in [5.74, 6) is -1.89. The first kappa shape index (κ1) is 20.9. The fourth-order valence-corrected chi connectivity index (χ4v) is 3.81. The van der Waals surface area contributed by atoms with Gasteiger partial charge in [-0.3, -0.25) is 14.5 Å². The molecule has 0 aliphatic carbocycles. The molecule has 1 heterocycles. The lowest BCUT2D eigenvalue weighted by atomic mass is 10.2. The number of benzene rings is 2. The largest absolute Gasteiger partial charge is 0.545 e. The molecule has 3 rings (SSSR count). The molecule has 1 saturated heterocycles. The summed E-state index contributed by atoms with van der Waals surface area (Å²) >= 11 is 7.31. The Hall–Kier alpha value is -2.84. The first-order chi connectivity index (χ1) is 13.7. The molecule has 1 fully saturated rings. The monoisotopic (exact) mass is 430 g/mol. The van der Waals surface area contributed by atoms with E-state index in [1.54, 1.807) is 19.2 Å². The number of carboxylic acids is 1. The van der Waals surface area contributed by atoms with Gasteiger partial charge >= 0.3 is 0 Å². The van der Waals surface area contributed by atoms with E-state index in [1.165, 1.54) is 40.9 Å². The molecular weight excluding hydrogens is 414 g/mol. The first-order valence-corrected chi connectivity index (χ1v) is 9.90. The van der Waals surface area contributed by atoms with E-state index in [0.29, 0.717) is 21.6 Å². The summed E-state index contributed by atoms with van der Waals surface area (Å²) in [7, 11) is 1.61. The molecule has 29 heavy (non-hydrogen) atoms. The van der Waals surface area contributed by atoms with Gasteiger partial charge in [-0.05, 0) is 42.3 Å². The first-order valence-electron chi connectivity index (χ1n) is 8.65. The van der Waals surface area contributed by atoms with Gasteiger partial charge in [-0.15, -0.1) is 0 Å². The number of rotatable bonds is 4. The Kier molecular flexibility index (Phi) is 6.24. The van der Waals surface area contributed by atoms with Crippen LogP contribution in [0.3, 0.4) is 0 Å². The summed E-state index contributed by atoms with van der Waals surface area (Å²) in [6.45, 7) is 1.88. The van der Waals surface area contributed by atoms with Crippen LogP contribution in [0, 0.1) is 6.92 Å². The van der Waals surface area contributed by atoms with E-state index in [2.05, 4.69) is 10.3 Å². The van der Waals surface area contributed by atoms with Crippen LogP contribution in [-0.4, -0.2) is 40.1 Å². The summed E-state index contributed by atoms with van der Waals surface area (Å²) in [5, 5.41) is 13.8. The molecule has 0 unspecified atom stereocenters. The number of hydrogen-bond donors (Lipinski definition) is 1.